The highest BCUT2D eigenvalue weighted by molar-refractivity contribution is 5.97. The number of rotatable bonds is 7. The highest BCUT2D eigenvalue weighted by Crippen LogP contribution is 2.40. The lowest BCUT2D eigenvalue weighted by Crippen LogP contribution is -2.56. The van der Waals surface area contributed by atoms with Gasteiger partial charge in [0, 0.05) is 19.5 Å². The molecular weight excluding hydrogens is 537 g/mol. The van der Waals surface area contributed by atoms with E-state index in [2.05, 4.69) is 0 Å². The van der Waals surface area contributed by atoms with E-state index in [9.17, 15) is 37.8 Å². The van der Waals surface area contributed by atoms with Crippen LogP contribution >= 0.6 is 0 Å². The Labute approximate surface area is 234 Å². The van der Waals surface area contributed by atoms with Crippen LogP contribution in [0.2, 0.25) is 0 Å². The number of nitrogens with zero attached hydrogens (tertiary/aromatic N) is 2. The highest BCUT2D eigenvalue weighted by Gasteiger charge is 2.51. The van der Waals surface area contributed by atoms with E-state index in [1.807, 2.05) is 0 Å². The van der Waals surface area contributed by atoms with Crippen LogP contribution in [0.3, 0.4) is 0 Å². The molecule has 3 atom stereocenters. The Morgan fingerprint density at radius 2 is 1.29 bits per heavy atom. The number of aliphatic hydroxyl groups is 1. The minimum Gasteiger partial charge on any atom is -0.480 e. The van der Waals surface area contributed by atoms with Gasteiger partial charge in [-0.3, -0.25) is 9.59 Å². The Balaban J connectivity index is 1.65. The fraction of sp³-hybridized carbons (Fsp3) is 0.323. The molecule has 2 amide bonds. The van der Waals surface area contributed by atoms with Crippen LogP contribution in [0.15, 0.2) is 72.8 Å². The van der Waals surface area contributed by atoms with E-state index in [4.69, 9.17) is 0 Å². The molecule has 2 N–H and O–H groups in total. The van der Waals surface area contributed by atoms with Gasteiger partial charge in [0.1, 0.15) is 35.0 Å². The molecule has 5 rings (SSSR count). The molecule has 41 heavy (non-hydrogen) atoms. The van der Waals surface area contributed by atoms with Crippen molar-refractivity contribution in [1.82, 2.24) is 9.80 Å². The van der Waals surface area contributed by atoms with Gasteiger partial charge in [-0.25, -0.2) is 18.0 Å². The number of carboxylic acids is 1. The number of likely N-dealkylation sites (tertiary alicyclic amines) is 2. The molecule has 2 aliphatic heterocycles. The zero-order valence-electron chi connectivity index (χ0n) is 22.1. The Kier molecular flexibility index (Phi) is 7.86. The Morgan fingerprint density at radius 3 is 1.80 bits per heavy atom. The summed E-state index contributed by atoms with van der Waals surface area (Å²) in [5, 5.41) is 20.3. The Morgan fingerprint density at radius 1 is 0.780 bits per heavy atom. The summed E-state index contributed by atoms with van der Waals surface area (Å²) < 4.78 is 42.0. The summed E-state index contributed by atoms with van der Waals surface area (Å²) in [6.45, 7) is 0.00937. The molecule has 0 aliphatic carbocycles. The first-order valence-corrected chi connectivity index (χ1v) is 13.4. The van der Waals surface area contributed by atoms with Crippen LogP contribution in [0.4, 0.5) is 13.2 Å². The molecule has 0 aromatic heterocycles. The van der Waals surface area contributed by atoms with Gasteiger partial charge in [0.05, 0.1) is 6.10 Å². The van der Waals surface area contributed by atoms with Gasteiger partial charge < -0.3 is 20.0 Å². The van der Waals surface area contributed by atoms with E-state index in [-0.39, 0.29) is 32.4 Å². The predicted octanol–water partition coefficient (Wildman–Crippen LogP) is 3.67. The smallest absolute Gasteiger partial charge is 0.326 e. The van der Waals surface area contributed by atoms with Gasteiger partial charge in [-0.2, -0.15) is 0 Å². The molecule has 0 radical (unpaired) electrons. The average Bonchev–Trinajstić information content (AvgIpc) is 3.60. The van der Waals surface area contributed by atoms with Gasteiger partial charge >= 0.3 is 5.97 Å². The number of benzene rings is 3. The van der Waals surface area contributed by atoms with E-state index >= 15 is 0 Å². The van der Waals surface area contributed by atoms with E-state index in [1.165, 1.54) is 82.6 Å². The van der Waals surface area contributed by atoms with Crippen molar-refractivity contribution in [3.05, 3.63) is 107 Å². The van der Waals surface area contributed by atoms with Crippen molar-refractivity contribution in [3.8, 4) is 0 Å². The van der Waals surface area contributed by atoms with Crippen molar-refractivity contribution in [2.75, 3.05) is 13.1 Å². The number of aliphatic carboxylic acids is 1. The fourth-order valence-corrected chi connectivity index (χ4v) is 6.07. The van der Waals surface area contributed by atoms with Crippen molar-refractivity contribution >= 4 is 17.8 Å². The lowest BCUT2D eigenvalue weighted by molar-refractivity contribution is -0.152. The molecule has 3 unspecified atom stereocenters. The second kappa shape index (κ2) is 11.4. The molecule has 2 fully saturated rings. The molecule has 2 heterocycles. The van der Waals surface area contributed by atoms with Crippen molar-refractivity contribution in [1.29, 1.82) is 0 Å². The van der Waals surface area contributed by atoms with E-state index < -0.39 is 58.8 Å². The number of carboxylic acid groups (broad SMARTS) is 1. The Bertz CT molecular complexity index is 1380. The molecule has 7 nitrogen and oxygen atoms in total. The summed E-state index contributed by atoms with van der Waals surface area (Å²) in [4.78, 5) is 42.9. The van der Waals surface area contributed by atoms with Gasteiger partial charge in [-0.05, 0) is 72.4 Å². The van der Waals surface area contributed by atoms with Crippen LogP contribution in [-0.2, 0) is 26.2 Å². The quantitative estimate of drug-likeness (QED) is 0.455. The van der Waals surface area contributed by atoms with Crippen molar-refractivity contribution < 1.29 is 37.8 Å². The van der Waals surface area contributed by atoms with Gasteiger partial charge in [0.15, 0.2) is 0 Å². The first-order valence-electron chi connectivity index (χ1n) is 13.4. The van der Waals surface area contributed by atoms with Gasteiger partial charge in [0.25, 0.3) is 0 Å². The SMILES string of the molecule is O=C(O)C1CCCN1C(=O)C1CC(O)CN1C(=O)C(Cc1ccc(F)cc1)(c1ccc(F)cc1)c1ccc(F)cc1. The van der Waals surface area contributed by atoms with Crippen LogP contribution in [0.5, 0.6) is 0 Å². The maximum atomic E-state index is 14.9. The third-order valence-electron chi connectivity index (χ3n) is 8.07. The summed E-state index contributed by atoms with van der Waals surface area (Å²) >= 11 is 0. The zero-order valence-corrected chi connectivity index (χ0v) is 22.1. The Hall–Kier alpha value is -4.18. The second-order valence-corrected chi connectivity index (χ2v) is 10.6. The van der Waals surface area contributed by atoms with E-state index in [1.54, 1.807) is 0 Å². The fourth-order valence-electron chi connectivity index (χ4n) is 6.07. The number of hydrogen-bond acceptors (Lipinski definition) is 4. The van der Waals surface area contributed by atoms with Gasteiger partial charge in [0.2, 0.25) is 11.8 Å². The van der Waals surface area contributed by atoms with Crippen LogP contribution in [0.1, 0.15) is 36.0 Å². The normalized spacial score (nSPS) is 20.8. The first-order chi connectivity index (χ1) is 19.6. The molecule has 0 spiro atoms. The van der Waals surface area contributed by atoms with Crippen molar-refractivity contribution in [2.45, 2.75) is 49.3 Å². The standard InChI is InChI=1S/C31H29F3N2O5/c32-22-9-3-19(4-10-22)17-31(20-5-11-23(33)12-6-20,21-7-13-24(34)14-8-21)30(41)36-18-25(37)16-27(36)28(38)35-15-1-2-26(35)29(39)40/h3-14,25-27,37H,1-2,15-18H2,(H,39,40). The number of hydrogen-bond donors (Lipinski definition) is 2. The predicted molar refractivity (Wildman–Crippen MR) is 142 cm³/mol. The maximum absolute atomic E-state index is 14.9. The summed E-state index contributed by atoms with van der Waals surface area (Å²) in [5.74, 6) is -3.91. The number of aliphatic hydroxyl groups excluding tert-OH is 1. The summed E-state index contributed by atoms with van der Waals surface area (Å²) in [7, 11) is 0. The average molecular weight is 567 g/mol. The molecule has 3 aromatic rings. The zero-order chi connectivity index (χ0) is 29.3. The minimum absolute atomic E-state index is 0.0572. The largest absolute Gasteiger partial charge is 0.480 e. The van der Waals surface area contributed by atoms with Crippen molar-refractivity contribution in [2.24, 2.45) is 0 Å². The van der Waals surface area contributed by atoms with Crippen molar-refractivity contribution in [3.63, 3.8) is 0 Å². The van der Waals surface area contributed by atoms with E-state index in [0.29, 0.717) is 23.1 Å². The molecule has 2 aliphatic rings. The summed E-state index contributed by atoms with van der Waals surface area (Å²) in [6.07, 6.45) is -0.426. The lowest BCUT2D eigenvalue weighted by Gasteiger charge is -2.39. The second-order valence-electron chi connectivity index (χ2n) is 10.6. The van der Waals surface area contributed by atoms with Crippen LogP contribution in [0, 0.1) is 17.5 Å². The number of β-amino-alcohol motifs (C(OH)–C–C–N with tert-alkyl or cyclic N) is 1. The monoisotopic (exact) mass is 566 g/mol. The highest BCUT2D eigenvalue weighted by atomic mass is 19.1. The number of carbonyl (C=O) groups is 3. The minimum atomic E-state index is -1.64. The third kappa shape index (κ3) is 5.44. The third-order valence-corrected chi connectivity index (χ3v) is 8.07. The summed E-state index contributed by atoms with van der Waals surface area (Å²) in [6, 6.07) is 13.8. The lowest BCUT2D eigenvalue weighted by atomic mass is 9.69. The molecule has 214 valence electrons. The number of amides is 2. The maximum Gasteiger partial charge on any atom is 0.326 e. The molecule has 0 saturated carbocycles. The van der Waals surface area contributed by atoms with Crippen LogP contribution < -0.4 is 0 Å². The molecule has 2 saturated heterocycles. The first kappa shape index (κ1) is 28.4. The molecular formula is C31H29F3N2O5. The number of halogens is 3. The van der Waals surface area contributed by atoms with Gasteiger partial charge in [-0.1, -0.05) is 36.4 Å². The molecule has 0 bridgehead atoms. The van der Waals surface area contributed by atoms with Crippen LogP contribution in [-0.4, -0.2) is 69.1 Å². The van der Waals surface area contributed by atoms with Gasteiger partial charge in [-0.15, -0.1) is 0 Å². The summed E-state index contributed by atoms with van der Waals surface area (Å²) in [5.41, 5.74) is -0.408. The van der Waals surface area contributed by atoms with Crippen LogP contribution in [0.25, 0.3) is 0 Å². The van der Waals surface area contributed by atoms with E-state index in [0.717, 1.165) is 0 Å². The molecule has 10 heteroatoms. The number of carbonyl (C=O) groups excluding carboxylic acids is 2. The molecule has 3 aromatic carbocycles. The topological polar surface area (TPSA) is 98.2 Å².